The smallest absolute Gasteiger partial charge is 0.255 e. The molecule has 0 bridgehead atoms. The highest BCUT2D eigenvalue weighted by Crippen LogP contribution is 2.33. The van der Waals surface area contributed by atoms with Gasteiger partial charge < -0.3 is 10.2 Å². The van der Waals surface area contributed by atoms with Crippen LogP contribution >= 0.6 is 0 Å². The van der Waals surface area contributed by atoms with Gasteiger partial charge in [0.25, 0.3) is 5.91 Å². The standard InChI is InChI=1S/C17H20N2O2/c1-10(2)13-6-4-5-12-9-19(17(21)15(12)13)14-8-7-11(3)18-16(14)20/h4-6,10,14H,3,7-9H2,1-2H3,(H,18,20). The van der Waals surface area contributed by atoms with Gasteiger partial charge in [0.1, 0.15) is 6.04 Å². The van der Waals surface area contributed by atoms with E-state index in [9.17, 15) is 9.59 Å². The predicted molar refractivity (Wildman–Crippen MR) is 80.7 cm³/mol. The van der Waals surface area contributed by atoms with Crippen molar-refractivity contribution in [2.75, 3.05) is 0 Å². The summed E-state index contributed by atoms with van der Waals surface area (Å²) in [5.74, 6) is 0.171. The zero-order valence-electron chi connectivity index (χ0n) is 12.5. The number of piperidine rings is 1. The number of benzene rings is 1. The number of carbonyl (C=O) groups is 2. The van der Waals surface area contributed by atoms with Crippen LogP contribution in [0.5, 0.6) is 0 Å². The van der Waals surface area contributed by atoms with E-state index in [1.165, 1.54) is 0 Å². The summed E-state index contributed by atoms with van der Waals surface area (Å²) >= 11 is 0. The molecule has 1 saturated heterocycles. The SMILES string of the molecule is C=C1CCC(N2Cc3cccc(C(C)C)c3C2=O)C(=O)N1. The van der Waals surface area contributed by atoms with Crippen molar-refractivity contribution in [1.29, 1.82) is 0 Å². The maximum atomic E-state index is 12.8. The molecule has 0 aromatic heterocycles. The summed E-state index contributed by atoms with van der Waals surface area (Å²) < 4.78 is 0. The number of nitrogens with one attached hydrogen (secondary N) is 1. The Balaban J connectivity index is 1.92. The van der Waals surface area contributed by atoms with Crippen molar-refractivity contribution in [3.05, 3.63) is 47.2 Å². The Kier molecular flexibility index (Phi) is 3.32. The van der Waals surface area contributed by atoms with E-state index < -0.39 is 0 Å². The van der Waals surface area contributed by atoms with Crippen molar-refractivity contribution in [2.24, 2.45) is 0 Å². The first-order chi connectivity index (χ1) is 9.99. The number of nitrogens with zero attached hydrogens (tertiary/aromatic N) is 1. The fraction of sp³-hybridized carbons (Fsp3) is 0.412. The van der Waals surface area contributed by atoms with Gasteiger partial charge in [-0.25, -0.2) is 0 Å². The van der Waals surface area contributed by atoms with Gasteiger partial charge in [-0.15, -0.1) is 0 Å². The molecule has 4 heteroatoms. The van der Waals surface area contributed by atoms with Crippen LogP contribution in [0.3, 0.4) is 0 Å². The Morgan fingerprint density at radius 1 is 1.33 bits per heavy atom. The zero-order chi connectivity index (χ0) is 15.1. The highest BCUT2D eigenvalue weighted by Gasteiger charge is 2.39. The van der Waals surface area contributed by atoms with Crippen LogP contribution < -0.4 is 5.32 Å². The minimum absolute atomic E-state index is 0.0121. The molecule has 0 saturated carbocycles. The number of hydrogen-bond acceptors (Lipinski definition) is 2. The van der Waals surface area contributed by atoms with Gasteiger partial charge in [0.05, 0.1) is 0 Å². The number of carbonyl (C=O) groups excluding carboxylic acids is 2. The molecule has 2 heterocycles. The molecule has 110 valence electrons. The zero-order valence-corrected chi connectivity index (χ0v) is 12.5. The number of allylic oxidation sites excluding steroid dienone is 1. The van der Waals surface area contributed by atoms with Crippen molar-refractivity contribution < 1.29 is 9.59 Å². The summed E-state index contributed by atoms with van der Waals surface area (Å²) in [5.41, 5.74) is 3.64. The molecule has 0 radical (unpaired) electrons. The van der Waals surface area contributed by atoms with Crippen LogP contribution in [-0.2, 0) is 11.3 Å². The molecule has 1 aromatic rings. The van der Waals surface area contributed by atoms with Gasteiger partial charge in [-0.3, -0.25) is 9.59 Å². The number of amides is 2. The van der Waals surface area contributed by atoms with Crippen LogP contribution in [0.4, 0.5) is 0 Å². The van der Waals surface area contributed by atoms with Crippen LogP contribution in [0.2, 0.25) is 0 Å². The Morgan fingerprint density at radius 3 is 2.76 bits per heavy atom. The molecule has 0 spiro atoms. The second-order valence-corrected chi connectivity index (χ2v) is 6.12. The highest BCUT2D eigenvalue weighted by molar-refractivity contribution is 6.02. The van der Waals surface area contributed by atoms with Crippen molar-refractivity contribution >= 4 is 11.8 Å². The Labute approximate surface area is 124 Å². The molecular weight excluding hydrogens is 264 g/mol. The van der Waals surface area contributed by atoms with Crippen LogP contribution in [0, 0.1) is 0 Å². The second-order valence-electron chi connectivity index (χ2n) is 6.12. The first-order valence-corrected chi connectivity index (χ1v) is 7.40. The maximum Gasteiger partial charge on any atom is 0.255 e. The third kappa shape index (κ3) is 2.24. The highest BCUT2D eigenvalue weighted by atomic mass is 16.2. The summed E-state index contributed by atoms with van der Waals surface area (Å²) in [6.45, 7) is 8.49. The second kappa shape index (κ2) is 5.02. The topological polar surface area (TPSA) is 49.4 Å². The quantitative estimate of drug-likeness (QED) is 0.907. The third-order valence-electron chi connectivity index (χ3n) is 4.32. The minimum atomic E-state index is -0.379. The molecule has 1 fully saturated rings. The van der Waals surface area contributed by atoms with E-state index in [0.29, 0.717) is 18.9 Å². The monoisotopic (exact) mass is 284 g/mol. The molecule has 1 N–H and O–H groups in total. The number of rotatable bonds is 2. The Morgan fingerprint density at radius 2 is 2.10 bits per heavy atom. The molecule has 2 aliphatic heterocycles. The molecular formula is C17H20N2O2. The Bertz CT molecular complexity index is 634. The van der Waals surface area contributed by atoms with Crippen molar-refractivity contribution in [3.8, 4) is 0 Å². The lowest BCUT2D eigenvalue weighted by molar-refractivity contribution is -0.126. The normalized spacial score (nSPS) is 21.8. The molecule has 2 aliphatic rings. The minimum Gasteiger partial charge on any atom is -0.329 e. The Hall–Kier alpha value is -2.10. The lowest BCUT2D eigenvalue weighted by Crippen LogP contribution is -2.49. The van der Waals surface area contributed by atoms with Gasteiger partial charge in [-0.1, -0.05) is 38.6 Å². The van der Waals surface area contributed by atoms with E-state index in [-0.39, 0.29) is 17.9 Å². The molecule has 1 aromatic carbocycles. The van der Waals surface area contributed by atoms with Crippen LogP contribution in [0.1, 0.15) is 54.1 Å². The third-order valence-corrected chi connectivity index (χ3v) is 4.32. The molecule has 4 nitrogen and oxygen atoms in total. The van der Waals surface area contributed by atoms with E-state index in [1.807, 2.05) is 18.2 Å². The van der Waals surface area contributed by atoms with E-state index >= 15 is 0 Å². The van der Waals surface area contributed by atoms with Crippen molar-refractivity contribution in [3.63, 3.8) is 0 Å². The molecule has 0 aliphatic carbocycles. The van der Waals surface area contributed by atoms with Gasteiger partial charge >= 0.3 is 0 Å². The van der Waals surface area contributed by atoms with Gasteiger partial charge in [-0.2, -0.15) is 0 Å². The van der Waals surface area contributed by atoms with Gasteiger partial charge in [0.2, 0.25) is 5.91 Å². The molecule has 2 amide bonds. The molecule has 1 unspecified atom stereocenters. The fourth-order valence-corrected chi connectivity index (χ4v) is 3.20. The van der Waals surface area contributed by atoms with Gasteiger partial charge in [-0.05, 0) is 29.9 Å². The average molecular weight is 284 g/mol. The molecule has 3 rings (SSSR count). The summed E-state index contributed by atoms with van der Waals surface area (Å²) in [6, 6.07) is 5.61. The van der Waals surface area contributed by atoms with E-state index in [4.69, 9.17) is 0 Å². The van der Waals surface area contributed by atoms with Crippen LogP contribution in [-0.4, -0.2) is 22.8 Å². The lowest BCUT2D eigenvalue weighted by atomic mass is 9.94. The van der Waals surface area contributed by atoms with Gasteiger partial charge in [0, 0.05) is 17.8 Å². The average Bonchev–Trinajstić information content (AvgIpc) is 2.76. The molecule has 21 heavy (non-hydrogen) atoms. The van der Waals surface area contributed by atoms with Crippen molar-refractivity contribution in [2.45, 2.75) is 45.2 Å². The van der Waals surface area contributed by atoms with E-state index in [0.717, 1.165) is 28.8 Å². The summed E-state index contributed by atoms with van der Waals surface area (Å²) in [6.07, 6.45) is 1.38. The molecule has 1 atom stereocenters. The van der Waals surface area contributed by atoms with E-state index in [2.05, 4.69) is 25.7 Å². The summed E-state index contributed by atoms with van der Waals surface area (Å²) in [5, 5.41) is 2.76. The van der Waals surface area contributed by atoms with Crippen LogP contribution in [0.15, 0.2) is 30.5 Å². The fourth-order valence-electron chi connectivity index (χ4n) is 3.20. The summed E-state index contributed by atoms with van der Waals surface area (Å²) in [7, 11) is 0. The summed E-state index contributed by atoms with van der Waals surface area (Å²) in [4.78, 5) is 26.6. The number of fused-ring (bicyclic) bond motifs is 1. The van der Waals surface area contributed by atoms with Crippen molar-refractivity contribution in [1.82, 2.24) is 10.2 Å². The first-order valence-electron chi connectivity index (χ1n) is 7.40. The number of hydrogen-bond donors (Lipinski definition) is 1. The van der Waals surface area contributed by atoms with Gasteiger partial charge in [0.15, 0.2) is 0 Å². The van der Waals surface area contributed by atoms with E-state index in [1.54, 1.807) is 4.90 Å². The first kappa shape index (κ1) is 13.9. The maximum absolute atomic E-state index is 12.8. The lowest BCUT2D eigenvalue weighted by Gasteiger charge is -2.31. The largest absolute Gasteiger partial charge is 0.329 e. The predicted octanol–water partition coefficient (Wildman–Crippen LogP) is 2.56. The van der Waals surface area contributed by atoms with Crippen LogP contribution in [0.25, 0.3) is 0 Å².